The molecule has 0 bridgehead atoms. The van der Waals surface area contributed by atoms with Crippen LogP contribution in [0.3, 0.4) is 0 Å². The van der Waals surface area contributed by atoms with Crippen molar-refractivity contribution in [3.63, 3.8) is 0 Å². The maximum atomic E-state index is 12.5. The first-order valence-electron chi connectivity index (χ1n) is 5.93. The van der Waals surface area contributed by atoms with Gasteiger partial charge in [-0.15, -0.1) is 0 Å². The fourth-order valence-corrected chi connectivity index (χ4v) is 1.73. The van der Waals surface area contributed by atoms with Crippen LogP contribution in [-0.4, -0.2) is 16.0 Å². The highest BCUT2D eigenvalue weighted by Gasteiger charge is 2.33. The van der Waals surface area contributed by atoms with Gasteiger partial charge in [0, 0.05) is 0 Å². The molecule has 2 rings (SSSR count). The van der Waals surface area contributed by atoms with Crippen molar-refractivity contribution in [3.05, 3.63) is 53.3 Å². The summed E-state index contributed by atoms with van der Waals surface area (Å²) in [6.45, 7) is 1.31. The fourth-order valence-electron chi connectivity index (χ4n) is 1.73. The number of phenols is 1. The molecule has 7 heteroatoms. The highest BCUT2D eigenvalue weighted by molar-refractivity contribution is 6.05. The standard InChI is InChI=1S/C14H11F3N2O2/c1-8-9(6-7-12(18-8)14(15,16)17)13(21)19-10-4-2-3-5-11(10)20/h2-7,20H,1H3,(H,19,21). The molecule has 0 fully saturated rings. The molecule has 1 aromatic heterocycles. The number of benzene rings is 1. The van der Waals surface area contributed by atoms with Gasteiger partial charge in [-0.3, -0.25) is 4.79 Å². The van der Waals surface area contributed by atoms with Crippen LogP contribution in [0.25, 0.3) is 0 Å². The van der Waals surface area contributed by atoms with Crippen LogP contribution in [0.5, 0.6) is 5.75 Å². The Hall–Kier alpha value is -2.57. The lowest BCUT2D eigenvalue weighted by atomic mass is 10.1. The van der Waals surface area contributed by atoms with Crippen molar-refractivity contribution in [1.82, 2.24) is 4.98 Å². The van der Waals surface area contributed by atoms with Crippen molar-refractivity contribution in [2.75, 3.05) is 5.32 Å². The lowest BCUT2D eigenvalue weighted by molar-refractivity contribution is -0.141. The van der Waals surface area contributed by atoms with E-state index in [1.54, 1.807) is 12.1 Å². The van der Waals surface area contributed by atoms with Gasteiger partial charge in [-0.05, 0) is 31.2 Å². The number of phenolic OH excluding ortho intramolecular Hbond substituents is 1. The number of nitrogens with zero attached hydrogens (tertiary/aromatic N) is 1. The Morgan fingerprint density at radius 1 is 1.19 bits per heavy atom. The average molecular weight is 296 g/mol. The smallest absolute Gasteiger partial charge is 0.433 e. The molecular weight excluding hydrogens is 285 g/mol. The number of nitrogens with one attached hydrogen (secondary N) is 1. The van der Waals surface area contributed by atoms with Gasteiger partial charge in [0.15, 0.2) is 0 Å². The van der Waals surface area contributed by atoms with Gasteiger partial charge in [0.25, 0.3) is 5.91 Å². The third kappa shape index (κ3) is 3.31. The summed E-state index contributed by atoms with van der Waals surface area (Å²) in [5.74, 6) is -0.779. The molecule has 0 saturated carbocycles. The van der Waals surface area contributed by atoms with Gasteiger partial charge in [0.1, 0.15) is 11.4 Å². The van der Waals surface area contributed by atoms with Crippen molar-refractivity contribution < 1.29 is 23.1 Å². The molecule has 2 N–H and O–H groups in total. The van der Waals surface area contributed by atoms with E-state index in [4.69, 9.17) is 0 Å². The summed E-state index contributed by atoms with van der Waals surface area (Å²) in [4.78, 5) is 15.4. The van der Waals surface area contributed by atoms with Gasteiger partial charge in [0.05, 0.1) is 16.9 Å². The third-order valence-corrected chi connectivity index (χ3v) is 2.77. The second-order valence-electron chi connectivity index (χ2n) is 4.30. The Balaban J connectivity index is 2.26. The molecule has 2 aromatic rings. The zero-order chi connectivity index (χ0) is 15.6. The number of aromatic hydroxyl groups is 1. The number of amides is 1. The predicted molar refractivity (Wildman–Crippen MR) is 70.0 cm³/mol. The van der Waals surface area contributed by atoms with E-state index < -0.39 is 17.8 Å². The summed E-state index contributed by atoms with van der Waals surface area (Å²) in [6, 6.07) is 7.84. The zero-order valence-electron chi connectivity index (χ0n) is 10.9. The minimum absolute atomic E-state index is 0.00579. The SMILES string of the molecule is Cc1nc(C(F)(F)F)ccc1C(=O)Nc1ccccc1O. The Labute approximate surface area is 118 Å². The number of aromatic nitrogens is 1. The van der Waals surface area contributed by atoms with Crippen LogP contribution in [0, 0.1) is 6.92 Å². The van der Waals surface area contributed by atoms with Gasteiger partial charge < -0.3 is 10.4 Å². The normalized spacial score (nSPS) is 11.2. The maximum absolute atomic E-state index is 12.5. The fraction of sp³-hybridized carbons (Fsp3) is 0.143. The van der Waals surface area contributed by atoms with Gasteiger partial charge in [-0.1, -0.05) is 12.1 Å². The lowest BCUT2D eigenvalue weighted by Crippen LogP contribution is -2.16. The van der Waals surface area contributed by atoms with Crippen LogP contribution < -0.4 is 5.32 Å². The first kappa shape index (κ1) is 14.8. The Morgan fingerprint density at radius 2 is 1.86 bits per heavy atom. The molecule has 0 unspecified atom stereocenters. The molecule has 110 valence electrons. The monoisotopic (exact) mass is 296 g/mol. The van der Waals surface area contributed by atoms with Crippen molar-refractivity contribution in [2.45, 2.75) is 13.1 Å². The lowest BCUT2D eigenvalue weighted by Gasteiger charge is -2.11. The minimum Gasteiger partial charge on any atom is -0.506 e. The first-order valence-corrected chi connectivity index (χ1v) is 5.93. The highest BCUT2D eigenvalue weighted by Crippen LogP contribution is 2.28. The van der Waals surface area contributed by atoms with Crippen LogP contribution in [0.2, 0.25) is 0 Å². The number of carbonyl (C=O) groups excluding carboxylic acids is 1. The van der Waals surface area contributed by atoms with Gasteiger partial charge in [0.2, 0.25) is 0 Å². The van der Waals surface area contributed by atoms with Gasteiger partial charge >= 0.3 is 6.18 Å². The van der Waals surface area contributed by atoms with Crippen molar-refractivity contribution >= 4 is 11.6 Å². The third-order valence-electron chi connectivity index (χ3n) is 2.77. The van der Waals surface area contributed by atoms with E-state index in [0.717, 1.165) is 12.1 Å². The Kier molecular flexibility index (Phi) is 3.84. The van der Waals surface area contributed by atoms with Gasteiger partial charge in [-0.25, -0.2) is 4.98 Å². The number of halogens is 3. The summed E-state index contributed by atoms with van der Waals surface area (Å²) in [5, 5.41) is 12.0. The average Bonchev–Trinajstić information content (AvgIpc) is 2.40. The number of rotatable bonds is 2. The summed E-state index contributed by atoms with van der Waals surface area (Å²) < 4.78 is 37.5. The van der Waals surface area contributed by atoms with Crippen LogP contribution in [0.15, 0.2) is 36.4 Å². The molecule has 0 atom stereocenters. The molecule has 0 aliphatic heterocycles. The number of carbonyl (C=O) groups is 1. The molecule has 0 saturated heterocycles. The number of hydrogen-bond acceptors (Lipinski definition) is 3. The number of pyridine rings is 1. The molecular formula is C14H11F3N2O2. The van der Waals surface area contributed by atoms with Crippen LogP contribution in [0.1, 0.15) is 21.7 Å². The van der Waals surface area contributed by atoms with Crippen LogP contribution in [-0.2, 0) is 6.18 Å². The van der Waals surface area contributed by atoms with E-state index in [1.807, 2.05) is 0 Å². The predicted octanol–water partition coefficient (Wildman–Crippen LogP) is 3.37. The molecule has 1 amide bonds. The number of anilines is 1. The number of alkyl halides is 3. The Bertz CT molecular complexity index is 684. The summed E-state index contributed by atoms with van der Waals surface area (Å²) >= 11 is 0. The largest absolute Gasteiger partial charge is 0.506 e. The molecule has 1 aromatic carbocycles. The number of hydrogen-bond donors (Lipinski definition) is 2. The molecule has 4 nitrogen and oxygen atoms in total. The summed E-state index contributed by atoms with van der Waals surface area (Å²) in [6.07, 6.45) is -4.56. The van der Waals surface area contributed by atoms with Crippen LogP contribution in [0.4, 0.5) is 18.9 Å². The summed E-state index contributed by atoms with van der Waals surface area (Å²) in [5.41, 5.74) is -0.926. The van der Waals surface area contributed by atoms with Crippen LogP contribution >= 0.6 is 0 Å². The van der Waals surface area contributed by atoms with E-state index in [2.05, 4.69) is 10.3 Å². The molecule has 21 heavy (non-hydrogen) atoms. The second kappa shape index (κ2) is 5.43. The zero-order valence-corrected chi connectivity index (χ0v) is 10.9. The van der Waals surface area contributed by atoms with E-state index in [-0.39, 0.29) is 22.7 Å². The van der Waals surface area contributed by atoms with Crippen molar-refractivity contribution in [2.24, 2.45) is 0 Å². The second-order valence-corrected chi connectivity index (χ2v) is 4.30. The van der Waals surface area contributed by atoms with Gasteiger partial charge in [-0.2, -0.15) is 13.2 Å². The first-order chi connectivity index (χ1) is 9.79. The minimum atomic E-state index is -4.56. The number of para-hydroxylation sites is 2. The summed E-state index contributed by atoms with van der Waals surface area (Å²) in [7, 11) is 0. The van der Waals surface area contributed by atoms with Crippen molar-refractivity contribution in [3.8, 4) is 5.75 Å². The number of aryl methyl sites for hydroxylation is 1. The van der Waals surface area contributed by atoms with E-state index in [9.17, 15) is 23.1 Å². The molecule has 1 heterocycles. The molecule has 0 aliphatic rings. The van der Waals surface area contributed by atoms with Crippen molar-refractivity contribution in [1.29, 1.82) is 0 Å². The van der Waals surface area contributed by atoms with E-state index >= 15 is 0 Å². The molecule has 0 radical (unpaired) electrons. The molecule has 0 spiro atoms. The highest BCUT2D eigenvalue weighted by atomic mass is 19.4. The quantitative estimate of drug-likeness (QED) is 0.835. The van der Waals surface area contributed by atoms with E-state index in [0.29, 0.717) is 0 Å². The molecule has 0 aliphatic carbocycles. The maximum Gasteiger partial charge on any atom is 0.433 e. The Morgan fingerprint density at radius 3 is 2.43 bits per heavy atom. The topological polar surface area (TPSA) is 62.2 Å². The van der Waals surface area contributed by atoms with E-state index in [1.165, 1.54) is 19.1 Å².